The highest BCUT2D eigenvalue weighted by molar-refractivity contribution is 7.14. The average Bonchev–Trinajstić information content (AvgIpc) is 2.94. The first-order valence-corrected chi connectivity index (χ1v) is 6.12. The Bertz CT molecular complexity index is 569. The second-order valence-corrected chi connectivity index (χ2v) is 3.99. The van der Waals surface area contributed by atoms with Crippen molar-refractivity contribution in [1.82, 2.24) is 4.98 Å². The average molecular weight is 317 g/mol. The number of amides is 1. The fourth-order valence-corrected chi connectivity index (χ4v) is 1.66. The number of hydrogen-bond donors (Lipinski definition) is 1. The molecule has 1 heterocycles. The van der Waals surface area contributed by atoms with Crippen LogP contribution in [0.25, 0.3) is 0 Å². The maximum atomic E-state index is 11.6. The molecular weight excluding hydrogens is 306 g/mol. The van der Waals surface area contributed by atoms with E-state index in [0.29, 0.717) is 0 Å². The van der Waals surface area contributed by atoms with Crippen LogP contribution >= 0.6 is 11.3 Å². The van der Waals surface area contributed by atoms with Gasteiger partial charge in [-0.3, -0.25) is 10.2 Å². The Hall–Kier alpha value is -2.69. The Morgan fingerprint density at radius 1 is 1.19 bits per heavy atom. The lowest BCUT2D eigenvalue weighted by atomic mass is 10.3. The number of nitrogens with zero attached hydrogens (tertiary/aromatic N) is 2. The van der Waals surface area contributed by atoms with Crippen molar-refractivity contribution in [3.8, 4) is 0 Å². The lowest BCUT2D eigenvalue weighted by molar-refractivity contribution is -0.132. The number of hydrogen-bond acceptors (Lipinski definition) is 10. The Kier molecular flexibility index (Phi) is 6.07. The molecule has 0 spiro atoms. The molecule has 1 aromatic rings. The van der Waals surface area contributed by atoms with E-state index in [0.717, 1.165) is 25.6 Å². The summed E-state index contributed by atoms with van der Waals surface area (Å²) in [7, 11) is 3.39. The fourth-order valence-electron chi connectivity index (χ4n) is 0.984. The summed E-state index contributed by atoms with van der Waals surface area (Å²) in [5.74, 6) is -0.881. The first-order valence-electron chi connectivity index (χ1n) is 5.24. The van der Waals surface area contributed by atoms with Crippen molar-refractivity contribution in [2.75, 3.05) is 26.6 Å². The third-order valence-electron chi connectivity index (χ3n) is 1.90. The molecule has 1 amide bonds. The Balaban J connectivity index is 2.96. The third-order valence-corrected chi connectivity index (χ3v) is 2.66. The van der Waals surface area contributed by atoms with E-state index in [1.54, 1.807) is 0 Å². The number of methoxy groups -OCH3 is 3. The first kappa shape index (κ1) is 16.4. The van der Waals surface area contributed by atoms with Crippen molar-refractivity contribution < 1.29 is 33.4 Å². The second kappa shape index (κ2) is 7.79. The normalized spacial score (nSPS) is 10.5. The van der Waals surface area contributed by atoms with Crippen LogP contribution in [0, 0.1) is 0 Å². The smallest absolute Gasteiger partial charge is 0.464 e. The highest BCUT2D eigenvalue weighted by atomic mass is 32.1. The number of ether oxygens (including phenoxy) is 3. The zero-order valence-corrected chi connectivity index (χ0v) is 12.1. The summed E-state index contributed by atoms with van der Waals surface area (Å²) in [6, 6.07) is 0. The minimum atomic E-state index is -1.11. The van der Waals surface area contributed by atoms with Crippen molar-refractivity contribution in [2.45, 2.75) is 0 Å². The van der Waals surface area contributed by atoms with Crippen LogP contribution in [0.4, 0.5) is 14.7 Å². The number of carbonyl (C=O) groups is 3. The maximum absolute atomic E-state index is 11.6. The van der Waals surface area contributed by atoms with Gasteiger partial charge in [-0.2, -0.15) is 0 Å². The molecule has 0 aliphatic rings. The van der Waals surface area contributed by atoms with E-state index in [1.807, 2.05) is 0 Å². The van der Waals surface area contributed by atoms with Gasteiger partial charge in [-0.1, -0.05) is 5.16 Å². The van der Waals surface area contributed by atoms with Crippen LogP contribution < -0.4 is 5.32 Å². The molecule has 10 nitrogen and oxygen atoms in total. The van der Waals surface area contributed by atoms with Crippen molar-refractivity contribution in [3.05, 3.63) is 11.1 Å². The molecular formula is C10H11N3O7S. The molecule has 0 aliphatic carbocycles. The molecule has 0 fully saturated rings. The minimum absolute atomic E-state index is 0.0437. The SMILES string of the molecule is COC(=O)Nc1nc(C(=NOC(=O)OC)C(=O)OC)cs1. The molecule has 114 valence electrons. The molecule has 0 aromatic carbocycles. The summed E-state index contributed by atoms with van der Waals surface area (Å²) in [6.45, 7) is 0. The number of nitrogens with one attached hydrogen (secondary N) is 1. The largest absolute Gasteiger partial charge is 0.534 e. The summed E-state index contributed by atoms with van der Waals surface area (Å²) in [6.07, 6.45) is -1.84. The van der Waals surface area contributed by atoms with Crippen LogP contribution in [0.15, 0.2) is 10.5 Å². The molecule has 0 saturated heterocycles. The number of carbonyl (C=O) groups excluding carboxylic acids is 3. The molecule has 0 bridgehead atoms. The minimum Gasteiger partial charge on any atom is -0.464 e. The fraction of sp³-hybridized carbons (Fsp3) is 0.300. The number of aromatic nitrogens is 1. The third kappa shape index (κ3) is 4.72. The van der Waals surface area contributed by atoms with Gasteiger partial charge >= 0.3 is 18.2 Å². The van der Waals surface area contributed by atoms with Crippen LogP contribution in [0.1, 0.15) is 5.69 Å². The molecule has 1 rings (SSSR count). The van der Waals surface area contributed by atoms with Gasteiger partial charge in [0.15, 0.2) is 5.13 Å². The number of thiazole rings is 1. The standard InChI is InChI=1S/C10H11N3O7S/c1-17-7(14)6(13-20-10(16)19-3)5-4-21-8(11-5)12-9(15)18-2/h4H,1-3H3,(H,11,12,15). The van der Waals surface area contributed by atoms with E-state index in [-0.39, 0.29) is 16.5 Å². The van der Waals surface area contributed by atoms with Crippen LogP contribution in [0.3, 0.4) is 0 Å². The molecule has 0 unspecified atom stereocenters. The quantitative estimate of drug-likeness (QED) is 0.286. The van der Waals surface area contributed by atoms with Gasteiger partial charge in [0.1, 0.15) is 5.69 Å². The molecule has 0 radical (unpaired) electrons. The van der Waals surface area contributed by atoms with Crippen molar-refractivity contribution in [3.63, 3.8) is 0 Å². The van der Waals surface area contributed by atoms with Crippen LogP contribution in [-0.2, 0) is 23.8 Å². The van der Waals surface area contributed by atoms with Gasteiger partial charge in [0.05, 0.1) is 21.3 Å². The van der Waals surface area contributed by atoms with Crippen molar-refractivity contribution >= 4 is 40.4 Å². The van der Waals surface area contributed by atoms with Crippen molar-refractivity contribution in [1.29, 1.82) is 0 Å². The van der Waals surface area contributed by atoms with E-state index >= 15 is 0 Å². The Labute approximate surface area is 122 Å². The van der Waals surface area contributed by atoms with E-state index in [4.69, 9.17) is 0 Å². The summed E-state index contributed by atoms with van der Waals surface area (Å²) in [5, 5.41) is 7.19. The highest BCUT2D eigenvalue weighted by Gasteiger charge is 2.21. The zero-order valence-electron chi connectivity index (χ0n) is 11.2. The van der Waals surface area contributed by atoms with Crippen molar-refractivity contribution in [2.24, 2.45) is 5.16 Å². The number of anilines is 1. The number of oxime groups is 1. The van der Waals surface area contributed by atoms with Gasteiger partial charge in [-0.25, -0.2) is 19.4 Å². The van der Waals surface area contributed by atoms with Gasteiger partial charge in [0, 0.05) is 5.38 Å². The van der Waals surface area contributed by atoms with E-state index in [2.05, 4.69) is 34.5 Å². The molecule has 0 atom stereocenters. The summed E-state index contributed by atoms with van der Waals surface area (Å²) in [4.78, 5) is 41.7. The molecule has 21 heavy (non-hydrogen) atoms. The Morgan fingerprint density at radius 3 is 2.48 bits per heavy atom. The summed E-state index contributed by atoms with van der Waals surface area (Å²) >= 11 is 1.01. The maximum Gasteiger partial charge on any atom is 0.534 e. The van der Waals surface area contributed by atoms with Gasteiger partial charge in [-0.05, 0) is 0 Å². The van der Waals surface area contributed by atoms with Gasteiger partial charge in [0.25, 0.3) is 0 Å². The highest BCUT2D eigenvalue weighted by Crippen LogP contribution is 2.17. The molecule has 0 saturated carbocycles. The number of esters is 1. The second-order valence-electron chi connectivity index (χ2n) is 3.13. The molecule has 0 aliphatic heterocycles. The topological polar surface area (TPSA) is 125 Å². The monoisotopic (exact) mass is 317 g/mol. The number of rotatable bonds is 4. The van der Waals surface area contributed by atoms with Gasteiger partial charge < -0.3 is 14.2 Å². The summed E-state index contributed by atoms with van der Waals surface area (Å²) < 4.78 is 13.1. The molecule has 1 N–H and O–H groups in total. The van der Waals surface area contributed by atoms with Crippen LogP contribution in [0.5, 0.6) is 0 Å². The van der Waals surface area contributed by atoms with E-state index in [1.165, 1.54) is 12.5 Å². The van der Waals surface area contributed by atoms with Gasteiger partial charge in [-0.15, -0.1) is 11.3 Å². The zero-order chi connectivity index (χ0) is 15.8. The predicted octanol–water partition coefficient (Wildman–Crippen LogP) is 0.981. The lowest BCUT2D eigenvalue weighted by Crippen LogP contribution is -2.19. The molecule has 1 aromatic heterocycles. The van der Waals surface area contributed by atoms with Crippen LogP contribution in [-0.4, -0.2) is 50.2 Å². The van der Waals surface area contributed by atoms with E-state index in [9.17, 15) is 14.4 Å². The molecule has 11 heteroatoms. The summed E-state index contributed by atoms with van der Waals surface area (Å²) in [5.41, 5.74) is -0.320. The van der Waals surface area contributed by atoms with Crippen LogP contribution in [0.2, 0.25) is 0 Å². The Morgan fingerprint density at radius 2 is 1.90 bits per heavy atom. The lowest BCUT2D eigenvalue weighted by Gasteiger charge is -2.01. The predicted molar refractivity (Wildman–Crippen MR) is 70.2 cm³/mol. The first-order chi connectivity index (χ1) is 10.0. The van der Waals surface area contributed by atoms with E-state index < -0.39 is 18.2 Å². The van der Waals surface area contributed by atoms with Gasteiger partial charge in [0.2, 0.25) is 5.71 Å².